The van der Waals surface area contributed by atoms with E-state index in [1.807, 2.05) is 6.07 Å². The normalized spacial score (nSPS) is 11.1. The molecule has 2 aromatic heterocycles. The predicted molar refractivity (Wildman–Crippen MR) is 88.3 cm³/mol. The van der Waals surface area contributed by atoms with Crippen LogP contribution >= 0.6 is 0 Å². The van der Waals surface area contributed by atoms with E-state index < -0.39 is 5.60 Å². The van der Waals surface area contributed by atoms with E-state index in [0.29, 0.717) is 12.4 Å². The summed E-state index contributed by atoms with van der Waals surface area (Å²) in [6, 6.07) is 5.48. The lowest BCUT2D eigenvalue weighted by molar-refractivity contribution is -0.155. The van der Waals surface area contributed by atoms with Crippen molar-refractivity contribution in [1.82, 2.24) is 20.1 Å². The number of hydrogen-bond donors (Lipinski definition) is 1. The van der Waals surface area contributed by atoms with Crippen molar-refractivity contribution in [1.29, 1.82) is 0 Å². The van der Waals surface area contributed by atoms with Crippen LogP contribution in [0.5, 0.6) is 0 Å². The maximum Gasteiger partial charge on any atom is 0.306 e. The summed E-state index contributed by atoms with van der Waals surface area (Å²) in [5.74, 6) is 0.0716. The summed E-state index contributed by atoms with van der Waals surface area (Å²) < 4.78 is 6.82. The van der Waals surface area contributed by atoms with Gasteiger partial charge in [-0.1, -0.05) is 6.07 Å². The van der Waals surface area contributed by atoms with Gasteiger partial charge in [-0.2, -0.15) is 5.10 Å². The minimum atomic E-state index is -0.540. The maximum atomic E-state index is 11.9. The Hall–Kier alpha value is -2.70. The highest BCUT2D eigenvalue weighted by Gasteiger charge is 2.17. The van der Waals surface area contributed by atoms with Gasteiger partial charge in [-0.3, -0.25) is 9.59 Å². The Balaban J connectivity index is 1.86. The standard InChI is InChI=1S/C17H22N4O3/c1-17(2,3)24-15(23)8-7-14(22)19-12-13-6-4-9-18-16(13)21-11-5-10-20-21/h4-6,9-11H,7-8,12H2,1-3H3,(H,19,22). The second-order valence-corrected chi connectivity index (χ2v) is 6.30. The van der Waals surface area contributed by atoms with Gasteiger partial charge in [0.2, 0.25) is 5.91 Å². The second-order valence-electron chi connectivity index (χ2n) is 6.30. The number of aromatic nitrogens is 3. The van der Waals surface area contributed by atoms with E-state index in [2.05, 4.69) is 15.4 Å². The zero-order valence-electron chi connectivity index (χ0n) is 14.2. The van der Waals surface area contributed by atoms with Crippen LogP contribution < -0.4 is 5.32 Å². The van der Waals surface area contributed by atoms with Crippen LogP contribution in [0, 0.1) is 0 Å². The molecule has 2 rings (SSSR count). The van der Waals surface area contributed by atoms with Crippen LogP contribution in [0.3, 0.4) is 0 Å². The summed E-state index contributed by atoms with van der Waals surface area (Å²) >= 11 is 0. The predicted octanol–water partition coefficient (Wildman–Crippen LogP) is 2.01. The number of nitrogens with zero attached hydrogens (tertiary/aromatic N) is 3. The van der Waals surface area contributed by atoms with E-state index in [-0.39, 0.29) is 24.7 Å². The van der Waals surface area contributed by atoms with E-state index in [0.717, 1.165) is 5.56 Å². The maximum absolute atomic E-state index is 11.9. The van der Waals surface area contributed by atoms with Crippen molar-refractivity contribution < 1.29 is 14.3 Å². The molecule has 2 heterocycles. The van der Waals surface area contributed by atoms with Crippen molar-refractivity contribution in [2.24, 2.45) is 0 Å². The summed E-state index contributed by atoms with van der Waals surface area (Å²) in [6.45, 7) is 5.70. The molecule has 0 spiro atoms. The van der Waals surface area contributed by atoms with E-state index in [1.165, 1.54) is 0 Å². The van der Waals surface area contributed by atoms with E-state index in [4.69, 9.17) is 4.74 Å². The summed E-state index contributed by atoms with van der Waals surface area (Å²) in [5.41, 5.74) is 0.300. The molecule has 0 aliphatic heterocycles. The summed E-state index contributed by atoms with van der Waals surface area (Å²) in [6.07, 6.45) is 5.27. The van der Waals surface area contributed by atoms with Gasteiger partial charge < -0.3 is 10.1 Å². The number of esters is 1. The monoisotopic (exact) mass is 330 g/mol. The molecule has 24 heavy (non-hydrogen) atoms. The van der Waals surface area contributed by atoms with Gasteiger partial charge in [0.15, 0.2) is 5.82 Å². The van der Waals surface area contributed by atoms with Gasteiger partial charge in [0.25, 0.3) is 0 Å². The molecule has 0 aliphatic rings. The number of carbonyl (C=O) groups excluding carboxylic acids is 2. The van der Waals surface area contributed by atoms with Crippen molar-refractivity contribution in [3.63, 3.8) is 0 Å². The summed E-state index contributed by atoms with van der Waals surface area (Å²) in [4.78, 5) is 27.8. The molecule has 0 aromatic carbocycles. The molecule has 0 bridgehead atoms. The highest BCUT2D eigenvalue weighted by atomic mass is 16.6. The van der Waals surface area contributed by atoms with Crippen molar-refractivity contribution in [3.05, 3.63) is 42.4 Å². The van der Waals surface area contributed by atoms with Crippen LogP contribution in [0.1, 0.15) is 39.2 Å². The molecule has 128 valence electrons. The van der Waals surface area contributed by atoms with Crippen molar-refractivity contribution >= 4 is 11.9 Å². The Morgan fingerprint density at radius 2 is 2.00 bits per heavy atom. The van der Waals surface area contributed by atoms with Gasteiger partial charge in [0.05, 0.1) is 6.42 Å². The van der Waals surface area contributed by atoms with Crippen LogP contribution in [-0.4, -0.2) is 32.2 Å². The van der Waals surface area contributed by atoms with Crippen LogP contribution in [0.25, 0.3) is 5.82 Å². The zero-order chi connectivity index (χ0) is 17.6. The number of ether oxygens (including phenoxy) is 1. The molecule has 0 radical (unpaired) electrons. The first-order valence-electron chi connectivity index (χ1n) is 7.77. The van der Waals surface area contributed by atoms with Gasteiger partial charge in [-0.15, -0.1) is 0 Å². The van der Waals surface area contributed by atoms with Crippen LogP contribution in [0.15, 0.2) is 36.8 Å². The van der Waals surface area contributed by atoms with Crippen molar-refractivity contribution in [2.75, 3.05) is 0 Å². The van der Waals surface area contributed by atoms with Gasteiger partial charge >= 0.3 is 5.97 Å². The molecule has 7 heteroatoms. The third-order valence-corrected chi connectivity index (χ3v) is 3.04. The van der Waals surface area contributed by atoms with Crippen molar-refractivity contribution in [2.45, 2.75) is 45.8 Å². The average Bonchev–Trinajstić information content (AvgIpc) is 3.04. The Morgan fingerprint density at radius 3 is 2.67 bits per heavy atom. The molecule has 0 aliphatic carbocycles. The number of amides is 1. The molecule has 0 atom stereocenters. The highest BCUT2D eigenvalue weighted by Crippen LogP contribution is 2.11. The minimum Gasteiger partial charge on any atom is -0.460 e. The third kappa shape index (κ3) is 5.49. The molecule has 0 fully saturated rings. The van der Waals surface area contributed by atoms with Gasteiger partial charge in [0.1, 0.15) is 5.60 Å². The number of pyridine rings is 1. The van der Waals surface area contributed by atoms with Gasteiger partial charge in [-0.25, -0.2) is 9.67 Å². The fourth-order valence-corrected chi connectivity index (χ4v) is 2.06. The molecule has 1 N–H and O–H groups in total. The lowest BCUT2D eigenvalue weighted by Crippen LogP contribution is -2.27. The number of nitrogens with one attached hydrogen (secondary N) is 1. The fourth-order valence-electron chi connectivity index (χ4n) is 2.06. The van der Waals surface area contributed by atoms with Crippen LogP contribution in [0.4, 0.5) is 0 Å². The summed E-state index contributed by atoms with van der Waals surface area (Å²) in [7, 11) is 0. The van der Waals surface area contributed by atoms with Gasteiger partial charge in [0, 0.05) is 37.1 Å². The molecular formula is C17H22N4O3. The first-order chi connectivity index (χ1) is 11.3. The summed E-state index contributed by atoms with van der Waals surface area (Å²) in [5, 5.41) is 6.94. The number of rotatable bonds is 6. The zero-order valence-corrected chi connectivity index (χ0v) is 14.2. The lowest BCUT2D eigenvalue weighted by atomic mass is 10.2. The Morgan fingerprint density at radius 1 is 1.21 bits per heavy atom. The molecular weight excluding hydrogens is 308 g/mol. The van der Waals surface area contributed by atoms with E-state index >= 15 is 0 Å². The molecule has 7 nitrogen and oxygen atoms in total. The topological polar surface area (TPSA) is 86.1 Å². The van der Waals surface area contributed by atoms with Crippen LogP contribution in [0.2, 0.25) is 0 Å². The van der Waals surface area contributed by atoms with Crippen LogP contribution in [-0.2, 0) is 20.9 Å². The Labute approximate surface area is 141 Å². The lowest BCUT2D eigenvalue weighted by Gasteiger charge is -2.19. The molecule has 2 aromatic rings. The quantitative estimate of drug-likeness (QED) is 0.819. The average molecular weight is 330 g/mol. The second kappa shape index (κ2) is 7.72. The molecule has 0 saturated heterocycles. The molecule has 0 saturated carbocycles. The largest absolute Gasteiger partial charge is 0.460 e. The molecule has 0 unspecified atom stereocenters. The van der Waals surface area contributed by atoms with E-state index in [1.54, 1.807) is 56.2 Å². The third-order valence-electron chi connectivity index (χ3n) is 3.04. The SMILES string of the molecule is CC(C)(C)OC(=O)CCC(=O)NCc1cccnc1-n1cccn1. The van der Waals surface area contributed by atoms with E-state index in [9.17, 15) is 9.59 Å². The fraction of sp³-hybridized carbons (Fsp3) is 0.412. The number of carbonyl (C=O) groups is 2. The van der Waals surface area contributed by atoms with Crippen molar-refractivity contribution in [3.8, 4) is 5.82 Å². The first kappa shape index (κ1) is 17.7. The first-order valence-corrected chi connectivity index (χ1v) is 7.77. The minimum absolute atomic E-state index is 0.0577. The number of hydrogen-bond acceptors (Lipinski definition) is 5. The van der Waals surface area contributed by atoms with Gasteiger partial charge in [-0.05, 0) is 32.9 Å². The smallest absolute Gasteiger partial charge is 0.306 e. The Kier molecular flexibility index (Phi) is 5.68. The highest BCUT2D eigenvalue weighted by molar-refractivity contribution is 5.81. The molecule has 1 amide bonds. The Bertz CT molecular complexity index is 690.